The van der Waals surface area contributed by atoms with E-state index < -0.39 is 0 Å². The molecule has 0 aliphatic carbocycles. The number of hydrogen-bond acceptors (Lipinski definition) is 6. The minimum atomic E-state index is -0.390. The van der Waals surface area contributed by atoms with Crippen LogP contribution in [0.25, 0.3) is 11.0 Å². The van der Waals surface area contributed by atoms with E-state index >= 15 is 0 Å². The fraction of sp³-hybridized carbons (Fsp3) is 0.500. The minimum Gasteiger partial charge on any atom is -0.488 e. The first-order valence-electron chi connectivity index (χ1n) is 8.31. The summed E-state index contributed by atoms with van der Waals surface area (Å²) in [5, 5.41) is 0.798. The lowest BCUT2D eigenvalue weighted by Gasteiger charge is -2.26. The first-order chi connectivity index (χ1) is 11.8. The molecular formula is C18H23NO5. The Morgan fingerprint density at radius 1 is 1.08 bits per heavy atom. The number of fused-ring (bicyclic) bond motifs is 1. The number of ether oxygens (including phenoxy) is 3. The van der Waals surface area contributed by atoms with E-state index in [0.29, 0.717) is 23.7 Å². The van der Waals surface area contributed by atoms with Crippen molar-refractivity contribution in [1.82, 2.24) is 4.90 Å². The molecule has 6 nitrogen and oxygen atoms in total. The van der Waals surface area contributed by atoms with Gasteiger partial charge in [-0.1, -0.05) is 6.42 Å². The van der Waals surface area contributed by atoms with E-state index in [4.69, 9.17) is 18.6 Å². The molecule has 2 aromatic rings. The zero-order valence-corrected chi connectivity index (χ0v) is 14.0. The van der Waals surface area contributed by atoms with Gasteiger partial charge in [0.1, 0.15) is 12.2 Å². The number of nitrogens with zero attached hydrogens (tertiary/aromatic N) is 1. The minimum absolute atomic E-state index is 0.102. The summed E-state index contributed by atoms with van der Waals surface area (Å²) in [6.45, 7) is 3.86. The van der Waals surface area contributed by atoms with Gasteiger partial charge in [-0.3, -0.25) is 4.90 Å². The van der Waals surface area contributed by atoms with Crippen molar-refractivity contribution in [2.75, 3.05) is 40.1 Å². The van der Waals surface area contributed by atoms with Crippen molar-refractivity contribution in [3.63, 3.8) is 0 Å². The molecule has 130 valence electrons. The van der Waals surface area contributed by atoms with Gasteiger partial charge in [0.05, 0.1) is 0 Å². The molecule has 24 heavy (non-hydrogen) atoms. The average Bonchev–Trinajstić information content (AvgIpc) is 2.61. The van der Waals surface area contributed by atoms with Crippen molar-refractivity contribution in [3.8, 4) is 11.5 Å². The Kier molecular flexibility index (Phi) is 5.72. The Bertz CT molecular complexity index is 721. The summed E-state index contributed by atoms with van der Waals surface area (Å²) in [6.07, 6.45) is 3.84. The van der Waals surface area contributed by atoms with Crippen LogP contribution < -0.4 is 15.1 Å². The van der Waals surface area contributed by atoms with E-state index in [0.717, 1.165) is 25.0 Å². The van der Waals surface area contributed by atoms with Crippen molar-refractivity contribution in [3.05, 3.63) is 34.7 Å². The molecule has 1 aliphatic heterocycles. The number of likely N-dealkylation sites (tertiary alicyclic amines) is 1. The van der Waals surface area contributed by atoms with Crippen molar-refractivity contribution >= 4 is 11.0 Å². The van der Waals surface area contributed by atoms with E-state index in [1.807, 2.05) is 6.07 Å². The third-order valence-electron chi connectivity index (χ3n) is 4.13. The number of piperidine rings is 1. The van der Waals surface area contributed by atoms with Crippen LogP contribution in [-0.4, -0.2) is 45.0 Å². The second-order valence-electron chi connectivity index (χ2n) is 5.89. The van der Waals surface area contributed by atoms with Gasteiger partial charge in [0, 0.05) is 31.2 Å². The molecule has 0 bridgehead atoms. The molecule has 2 heterocycles. The molecule has 1 saturated heterocycles. The van der Waals surface area contributed by atoms with Crippen LogP contribution in [-0.2, 0) is 4.74 Å². The zero-order chi connectivity index (χ0) is 16.8. The van der Waals surface area contributed by atoms with Crippen molar-refractivity contribution in [1.29, 1.82) is 0 Å². The van der Waals surface area contributed by atoms with Crippen LogP contribution in [0.5, 0.6) is 11.5 Å². The van der Waals surface area contributed by atoms with E-state index in [1.165, 1.54) is 25.3 Å². The van der Waals surface area contributed by atoms with Crippen LogP contribution in [0, 0.1) is 0 Å². The monoisotopic (exact) mass is 333 g/mol. The number of methoxy groups -OCH3 is 1. The lowest BCUT2D eigenvalue weighted by molar-refractivity contribution is 0.0483. The van der Waals surface area contributed by atoms with Crippen LogP contribution in [0.15, 0.2) is 33.5 Å². The van der Waals surface area contributed by atoms with Crippen LogP contribution in [0.1, 0.15) is 19.3 Å². The van der Waals surface area contributed by atoms with Gasteiger partial charge in [-0.25, -0.2) is 4.79 Å². The van der Waals surface area contributed by atoms with Gasteiger partial charge in [0.2, 0.25) is 0 Å². The Morgan fingerprint density at radius 3 is 2.67 bits per heavy atom. The highest BCUT2D eigenvalue weighted by atomic mass is 16.7. The quantitative estimate of drug-likeness (QED) is 0.573. The SMILES string of the molecule is COCOc1cc2oc(=O)ccc2cc1OCCN1CCCCC1. The molecular weight excluding hydrogens is 310 g/mol. The highest BCUT2D eigenvalue weighted by molar-refractivity contribution is 5.80. The van der Waals surface area contributed by atoms with Gasteiger partial charge in [0.15, 0.2) is 18.3 Å². The van der Waals surface area contributed by atoms with Crippen LogP contribution >= 0.6 is 0 Å². The Labute approximate surface area is 140 Å². The van der Waals surface area contributed by atoms with Crippen molar-refractivity contribution in [2.45, 2.75) is 19.3 Å². The molecule has 0 radical (unpaired) electrons. The lowest BCUT2D eigenvalue weighted by atomic mass is 10.1. The fourth-order valence-electron chi connectivity index (χ4n) is 2.89. The van der Waals surface area contributed by atoms with Crippen molar-refractivity contribution < 1.29 is 18.6 Å². The third kappa shape index (κ3) is 4.27. The Hall–Kier alpha value is -2.05. The topological polar surface area (TPSA) is 61.1 Å². The van der Waals surface area contributed by atoms with E-state index in [2.05, 4.69) is 4.90 Å². The third-order valence-corrected chi connectivity index (χ3v) is 4.13. The largest absolute Gasteiger partial charge is 0.488 e. The van der Waals surface area contributed by atoms with Gasteiger partial charge in [-0.2, -0.15) is 0 Å². The summed E-state index contributed by atoms with van der Waals surface area (Å²) in [7, 11) is 1.55. The van der Waals surface area contributed by atoms with Gasteiger partial charge >= 0.3 is 5.63 Å². The summed E-state index contributed by atoms with van der Waals surface area (Å²) in [5.41, 5.74) is 0.0796. The van der Waals surface area contributed by atoms with E-state index in [9.17, 15) is 4.79 Å². The Morgan fingerprint density at radius 2 is 1.88 bits per heavy atom. The lowest BCUT2D eigenvalue weighted by Crippen LogP contribution is -2.33. The molecule has 6 heteroatoms. The van der Waals surface area contributed by atoms with Gasteiger partial charge in [-0.15, -0.1) is 0 Å². The smallest absolute Gasteiger partial charge is 0.336 e. The van der Waals surface area contributed by atoms with Gasteiger partial charge in [0.25, 0.3) is 0 Å². The number of rotatable bonds is 7. The molecule has 0 unspecified atom stereocenters. The molecule has 1 fully saturated rings. The summed E-state index contributed by atoms with van der Waals surface area (Å²) >= 11 is 0. The maximum absolute atomic E-state index is 11.4. The first kappa shape index (κ1) is 16.8. The molecule has 0 N–H and O–H groups in total. The molecule has 1 aliphatic rings. The van der Waals surface area contributed by atoms with Crippen LogP contribution in [0.4, 0.5) is 0 Å². The summed E-state index contributed by atoms with van der Waals surface area (Å²) in [6, 6.07) is 6.62. The highest BCUT2D eigenvalue weighted by Gasteiger charge is 2.13. The fourth-order valence-corrected chi connectivity index (χ4v) is 2.89. The number of hydrogen-bond donors (Lipinski definition) is 0. The zero-order valence-electron chi connectivity index (χ0n) is 14.0. The first-order valence-corrected chi connectivity index (χ1v) is 8.31. The molecule has 3 rings (SSSR count). The standard InChI is InChI=1S/C18H23NO5/c1-21-13-23-17-12-15-14(5-6-18(20)24-15)11-16(17)22-10-9-19-7-3-2-4-8-19/h5-6,11-12H,2-4,7-10,13H2,1H3. The van der Waals surface area contributed by atoms with Crippen LogP contribution in [0.2, 0.25) is 0 Å². The second kappa shape index (κ2) is 8.17. The molecule has 0 spiro atoms. The van der Waals surface area contributed by atoms with Crippen molar-refractivity contribution in [2.24, 2.45) is 0 Å². The normalized spacial score (nSPS) is 15.5. The molecule has 0 atom stereocenters. The Balaban J connectivity index is 1.73. The van der Waals surface area contributed by atoms with E-state index in [-0.39, 0.29) is 12.4 Å². The maximum atomic E-state index is 11.4. The average molecular weight is 333 g/mol. The molecule has 0 amide bonds. The highest BCUT2D eigenvalue weighted by Crippen LogP contribution is 2.32. The summed E-state index contributed by atoms with van der Waals surface area (Å²) in [5.74, 6) is 1.14. The molecule has 1 aromatic carbocycles. The predicted octanol–water partition coefficient (Wildman–Crippen LogP) is 2.64. The van der Waals surface area contributed by atoms with Gasteiger partial charge < -0.3 is 18.6 Å². The molecule has 1 aromatic heterocycles. The summed E-state index contributed by atoms with van der Waals surface area (Å²) < 4.78 is 21.6. The predicted molar refractivity (Wildman–Crippen MR) is 90.8 cm³/mol. The second-order valence-corrected chi connectivity index (χ2v) is 5.89. The maximum Gasteiger partial charge on any atom is 0.336 e. The van der Waals surface area contributed by atoms with Crippen LogP contribution in [0.3, 0.4) is 0 Å². The van der Waals surface area contributed by atoms with Gasteiger partial charge in [-0.05, 0) is 38.1 Å². The van der Waals surface area contributed by atoms with E-state index in [1.54, 1.807) is 19.2 Å². The summed E-state index contributed by atoms with van der Waals surface area (Å²) in [4.78, 5) is 13.8. The number of benzene rings is 1. The molecule has 0 saturated carbocycles.